The Morgan fingerprint density at radius 2 is 0.511 bits per heavy atom. The number of hydrogen-bond donors (Lipinski definition) is 0. The van der Waals surface area contributed by atoms with Crippen LogP contribution in [0, 0.1) is 5.92 Å². The molecular formula is C43H92N2. The van der Waals surface area contributed by atoms with Gasteiger partial charge in [0, 0.05) is 26.2 Å². The maximum Gasteiger partial charge on any atom is 0.0133 e. The van der Waals surface area contributed by atoms with E-state index in [1.165, 1.54) is 225 Å². The third-order valence-corrected chi connectivity index (χ3v) is 10.1. The van der Waals surface area contributed by atoms with E-state index in [4.69, 9.17) is 0 Å². The fourth-order valence-corrected chi connectivity index (χ4v) is 6.59. The summed E-state index contributed by atoms with van der Waals surface area (Å²) in [7, 11) is 0. The van der Waals surface area contributed by atoms with Gasteiger partial charge in [-0.15, -0.1) is 0 Å². The van der Waals surface area contributed by atoms with Crippen molar-refractivity contribution in [2.24, 2.45) is 5.92 Å². The molecule has 0 rings (SSSR count). The highest BCUT2D eigenvalue weighted by molar-refractivity contribution is 4.62. The van der Waals surface area contributed by atoms with Crippen LogP contribution in [0.4, 0.5) is 0 Å². The van der Waals surface area contributed by atoms with Crippen LogP contribution in [-0.2, 0) is 0 Å². The molecule has 0 aliphatic rings. The molecule has 0 aliphatic heterocycles. The molecule has 0 saturated carbocycles. The van der Waals surface area contributed by atoms with E-state index in [0.29, 0.717) is 0 Å². The molecule has 0 spiro atoms. The van der Waals surface area contributed by atoms with Crippen molar-refractivity contribution < 1.29 is 0 Å². The summed E-state index contributed by atoms with van der Waals surface area (Å²) in [6, 6.07) is 0. The number of rotatable bonds is 36. The van der Waals surface area contributed by atoms with Gasteiger partial charge in [-0.1, -0.05) is 222 Å². The molecule has 0 aromatic carbocycles. The van der Waals surface area contributed by atoms with E-state index in [1.54, 1.807) is 0 Å². The predicted octanol–water partition coefficient (Wildman–Crippen LogP) is 15.3. The van der Waals surface area contributed by atoms with E-state index in [-0.39, 0.29) is 0 Å². The molecule has 0 radical (unpaired) electrons. The number of nitrogens with zero attached hydrogens (tertiary/aromatic N) is 2. The fraction of sp³-hybridized carbons (Fsp3) is 1.00. The summed E-state index contributed by atoms with van der Waals surface area (Å²) in [4.78, 5) is 0. The van der Waals surface area contributed by atoms with Crippen LogP contribution < -0.4 is 0 Å². The van der Waals surface area contributed by atoms with Crippen molar-refractivity contribution in [1.82, 2.24) is 10.0 Å². The summed E-state index contributed by atoms with van der Waals surface area (Å²) in [6.07, 6.45) is 44.0. The van der Waals surface area contributed by atoms with Gasteiger partial charge < -0.3 is 0 Å². The SMILES string of the molecule is CCCCCCC(CC)CC.CCCCCCCCCCCCN(CCCCCCCCCCCC)N(CCCC)CCCC. The predicted molar refractivity (Wildman–Crippen MR) is 209 cm³/mol. The van der Waals surface area contributed by atoms with E-state index in [9.17, 15) is 0 Å². The third kappa shape index (κ3) is 36.6. The molecule has 0 fully saturated rings. The zero-order chi connectivity index (χ0) is 33.5. The molecule has 0 heterocycles. The Balaban J connectivity index is 0. The molecule has 274 valence electrons. The van der Waals surface area contributed by atoms with E-state index in [2.05, 4.69) is 58.5 Å². The van der Waals surface area contributed by atoms with Crippen LogP contribution in [0.1, 0.15) is 248 Å². The lowest BCUT2D eigenvalue weighted by Gasteiger charge is -2.35. The number of unbranched alkanes of at least 4 members (excludes halogenated alkanes) is 23. The Kier molecular flexibility index (Phi) is 43.8. The quantitative estimate of drug-likeness (QED) is 0.0498. The van der Waals surface area contributed by atoms with E-state index in [0.717, 1.165) is 5.92 Å². The van der Waals surface area contributed by atoms with Crippen molar-refractivity contribution in [3.8, 4) is 0 Å². The lowest BCUT2D eigenvalue weighted by atomic mass is 9.96. The lowest BCUT2D eigenvalue weighted by Crippen LogP contribution is -2.45. The van der Waals surface area contributed by atoms with Gasteiger partial charge in [0.05, 0.1) is 0 Å². The standard InChI is InChI=1S/C32H68N2.C11H24/c1-5-9-13-15-17-19-21-23-25-27-31-34(33(29-11-7-3)30-12-8-4)32-28-26-24-22-20-18-16-14-10-6-2;1-4-7-8-9-10-11(5-2)6-3/h5-32H2,1-4H3;11H,4-10H2,1-3H3. The van der Waals surface area contributed by atoms with Crippen LogP contribution in [0.2, 0.25) is 0 Å². The highest BCUT2D eigenvalue weighted by Crippen LogP contribution is 2.17. The van der Waals surface area contributed by atoms with Crippen LogP contribution in [0.5, 0.6) is 0 Å². The Morgan fingerprint density at radius 1 is 0.267 bits per heavy atom. The minimum absolute atomic E-state index is 1.01. The van der Waals surface area contributed by atoms with Crippen LogP contribution in [-0.4, -0.2) is 36.2 Å². The molecule has 0 aromatic heterocycles. The van der Waals surface area contributed by atoms with Crippen LogP contribution in [0.3, 0.4) is 0 Å². The van der Waals surface area contributed by atoms with Crippen LogP contribution in [0.25, 0.3) is 0 Å². The molecular weight excluding hydrogens is 544 g/mol. The third-order valence-electron chi connectivity index (χ3n) is 10.1. The molecule has 0 aliphatic carbocycles. The molecule has 2 nitrogen and oxygen atoms in total. The van der Waals surface area contributed by atoms with E-state index < -0.39 is 0 Å². The Labute approximate surface area is 289 Å². The summed E-state index contributed by atoms with van der Waals surface area (Å²) in [5.41, 5.74) is 0. The molecule has 0 bridgehead atoms. The zero-order valence-corrected chi connectivity index (χ0v) is 33.2. The van der Waals surface area contributed by atoms with Crippen molar-refractivity contribution in [1.29, 1.82) is 0 Å². The van der Waals surface area contributed by atoms with Crippen molar-refractivity contribution in [2.75, 3.05) is 26.2 Å². The summed E-state index contributed by atoms with van der Waals surface area (Å²) in [5, 5.41) is 5.52. The van der Waals surface area contributed by atoms with Gasteiger partial charge in [-0.25, -0.2) is 10.0 Å². The number of hydrogen-bond acceptors (Lipinski definition) is 2. The summed E-state index contributed by atoms with van der Waals surface area (Å²) in [6.45, 7) is 21.3. The second-order valence-electron chi connectivity index (χ2n) is 14.5. The van der Waals surface area contributed by atoms with Crippen molar-refractivity contribution in [2.45, 2.75) is 248 Å². The van der Waals surface area contributed by atoms with E-state index in [1.807, 2.05) is 0 Å². The van der Waals surface area contributed by atoms with E-state index >= 15 is 0 Å². The first kappa shape index (κ1) is 47.0. The first-order valence-electron chi connectivity index (χ1n) is 21.6. The first-order chi connectivity index (χ1) is 22.1. The van der Waals surface area contributed by atoms with Gasteiger partial charge in [-0.05, 0) is 31.6 Å². The topological polar surface area (TPSA) is 6.48 Å². The molecule has 0 unspecified atom stereocenters. The average molecular weight is 637 g/mol. The molecule has 45 heavy (non-hydrogen) atoms. The Morgan fingerprint density at radius 3 is 0.800 bits per heavy atom. The highest BCUT2D eigenvalue weighted by Gasteiger charge is 2.14. The second kappa shape index (κ2) is 41.9. The van der Waals surface area contributed by atoms with Crippen LogP contribution in [0.15, 0.2) is 0 Å². The highest BCUT2D eigenvalue weighted by atomic mass is 15.6. The summed E-state index contributed by atoms with van der Waals surface area (Å²) in [5.74, 6) is 1.01. The Bertz CT molecular complexity index is 456. The zero-order valence-electron chi connectivity index (χ0n) is 33.2. The normalized spacial score (nSPS) is 11.6. The first-order valence-corrected chi connectivity index (χ1v) is 21.6. The molecule has 0 N–H and O–H groups in total. The van der Waals surface area contributed by atoms with Gasteiger partial charge in [-0.3, -0.25) is 0 Å². The maximum atomic E-state index is 2.78. The summed E-state index contributed by atoms with van der Waals surface area (Å²) < 4.78 is 0. The smallest absolute Gasteiger partial charge is 0.0133 e. The number of hydrazine groups is 1. The van der Waals surface area contributed by atoms with Gasteiger partial charge in [0.2, 0.25) is 0 Å². The lowest BCUT2D eigenvalue weighted by molar-refractivity contribution is -0.0302. The average Bonchev–Trinajstić information content (AvgIpc) is 3.06. The molecule has 0 aromatic rings. The van der Waals surface area contributed by atoms with Gasteiger partial charge in [0.1, 0.15) is 0 Å². The van der Waals surface area contributed by atoms with Crippen molar-refractivity contribution in [3.05, 3.63) is 0 Å². The van der Waals surface area contributed by atoms with Gasteiger partial charge >= 0.3 is 0 Å². The van der Waals surface area contributed by atoms with Gasteiger partial charge in [0.15, 0.2) is 0 Å². The minimum atomic E-state index is 1.01. The maximum absolute atomic E-state index is 2.78. The fourth-order valence-electron chi connectivity index (χ4n) is 6.59. The van der Waals surface area contributed by atoms with Gasteiger partial charge in [-0.2, -0.15) is 0 Å². The molecule has 0 amide bonds. The molecule has 0 saturated heterocycles. The Hall–Kier alpha value is -0.0800. The second-order valence-corrected chi connectivity index (χ2v) is 14.5. The minimum Gasteiger partial charge on any atom is -0.242 e. The van der Waals surface area contributed by atoms with Crippen LogP contribution >= 0.6 is 0 Å². The molecule has 2 heteroatoms. The summed E-state index contributed by atoms with van der Waals surface area (Å²) >= 11 is 0. The van der Waals surface area contributed by atoms with Gasteiger partial charge in [0.25, 0.3) is 0 Å². The van der Waals surface area contributed by atoms with Crippen molar-refractivity contribution in [3.63, 3.8) is 0 Å². The molecule has 0 atom stereocenters. The largest absolute Gasteiger partial charge is 0.242 e. The van der Waals surface area contributed by atoms with Crippen molar-refractivity contribution >= 4 is 0 Å². The monoisotopic (exact) mass is 637 g/mol.